The van der Waals surface area contributed by atoms with E-state index >= 15 is 4.39 Å². The zero-order chi connectivity index (χ0) is 24.5. The standard InChI is InChI=1S/C24H19F2N5O4/c25-17-4-1-5-29-23(17)35-13-14-3-2-8-30(14)20-10-19-15(9-18(20)26)22(32)16(24(33)34)12-31(19)21-11-27-6-7-28-21/h1,4-7,9-12,14H,2-3,8,13H2,(H,33,34)/t14-/m1/s1. The minimum atomic E-state index is -1.43. The average Bonchev–Trinajstić information content (AvgIpc) is 3.32. The number of carboxylic acids is 1. The number of nitrogens with zero attached hydrogens (tertiary/aromatic N) is 5. The van der Waals surface area contributed by atoms with Gasteiger partial charge in [0.05, 0.1) is 28.8 Å². The minimum Gasteiger partial charge on any atom is -0.477 e. The molecular formula is C24H19F2N5O4. The number of anilines is 1. The summed E-state index contributed by atoms with van der Waals surface area (Å²) in [4.78, 5) is 38.4. The molecule has 11 heteroatoms. The van der Waals surface area contributed by atoms with Gasteiger partial charge in [0.15, 0.2) is 11.6 Å². The van der Waals surface area contributed by atoms with Crippen molar-refractivity contribution in [1.29, 1.82) is 0 Å². The number of rotatable bonds is 6. The van der Waals surface area contributed by atoms with Gasteiger partial charge in [-0.3, -0.25) is 14.3 Å². The number of fused-ring (bicyclic) bond motifs is 1. The summed E-state index contributed by atoms with van der Waals surface area (Å²) >= 11 is 0. The van der Waals surface area contributed by atoms with E-state index in [1.807, 2.05) is 0 Å². The molecule has 4 heterocycles. The molecule has 178 valence electrons. The summed E-state index contributed by atoms with van der Waals surface area (Å²) in [7, 11) is 0. The molecule has 1 N–H and O–H groups in total. The molecule has 1 aliphatic heterocycles. The van der Waals surface area contributed by atoms with E-state index in [1.54, 1.807) is 4.90 Å². The number of benzene rings is 1. The summed E-state index contributed by atoms with van der Waals surface area (Å²) in [6.07, 6.45) is 8.31. The van der Waals surface area contributed by atoms with Crippen molar-refractivity contribution in [2.75, 3.05) is 18.1 Å². The number of carboxylic acid groups (broad SMARTS) is 1. The van der Waals surface area contributed by atoms with Gasteiger partial charge in [0, 0.05) is 31.3 Å². The largest absolute Gasteiger partial charge is 0.477 e. The van der Waals surface area contributed by atoms with Crippen LogP contribution in [0.5, 0.6) is 5.88 Å². The van der Waals surface area contributed by atoms with E-state index in [0.29, 0.717) is 13.0 Å². The molecule has 0 radical (unpaired) electrons. The summed E-state index contributed by atoms with van der Waals surface area (Å²) < 4.78 is 36.2. The molecule has 1 saturated heterocycles. The number of halogens is 2. The Labute approximate surface area is 197 Å². The topological polar surface area (TPSA) is 110 Å². The summed E-state index contributed by atoms with van der Waals surface area (Å²) in [5.41, 5.74) is -0.824. The lowest BCUT2D eigenvalue weighted by atomic mass is 10.1. The predicted molar refractivity (Wildman–Crippen MR) is 122 cm³/mol. The van der Waals surface area contributed by atoms with Crippen LogP contribution in [0.25, 0.3) is 16.7 Å². The molecule has 0 unspecified atom stereocenters. The molecular weight excluding hydrogens is 460 g/mol. The first kappa shape index (κ1) is 22.4. The Morgan fingerprint density at radius 3 is 2.77 bits per heavy atom. The van der Waals surface area contributed by atoms with E-state index in [4.69, 9.17) is 4.74 Å². The molecule has 4 aromatic rings. The zero-order valence-corrected chi connectivity index (χ0v) is 18.3. The van der Waals surface area contributed by atoms with Crippen molar-refractivity contribution < 1.29 is 23.4 Å². The van der Waals surface area contributed by atoms with Gasteiger partial charge in [-0.2, -0.15) is 0 Å². The van der Waals surface area contributed by atoms with Crippen LogP contribution in [-0.2, 0) is 0 Å². The van der Waals surface area contributed by atoms with E-state index in [-0.39, 0.29) is 40.9 Å². The van der Waals surface area contributed by atoms with E-state index in [2.05, 4.69) is 15.0 Å². The number of carbonyl (C=O) groups is 1. The number of aromatic nitrogens is 4. The number of pyridine rings is 2. The molecule has 3 aromatic heterocycles. The van der Waals surface area contributed by atoms with Gasteiger partial charge in [-0.25, -0.2) is 23.5 Å². The quantitative estimate of drug-likeness (QED) is 0.449. The van der Waals surface area contributed by atoms with Crippen molar-refractivity contribution in [2.24, 2.45) is 0 Å². The molecule has 1 atom stereocenters. The number of hydrogen-bond donors (Lipinski definition) is 1. The normalized spacial score (nSPS) is 15.5. The van der Waals surface area contributed by atoms with Crippen LogP contribution >= 0.6 is 0 Å². The van der Waals surface area contributed by atoms with Crippen molar-refractivity contribution in [3.8, 4) is 11.7 Å². The highest BCUT2D eigenvalue weighted by molar-refractivity contribution is 5.94. The first-order valence-corrected chi connectivity index (χ1v) is 10.8. The zero-order valence-electron chi connectivity index (χ0n) is 18.3. The first-order chi connectivity index (χ1) is 16.9. The summed E-state index contributed by atoms with van der Waals surface area (Å²) in [6.45, 7) is 0.601. The van der Waals surface area contributed by atoms with Crippen LogP contribution < -0.4 is 15.1 Å². The van der Waals surface area contributed by atoms with Gasteiger partial charge in [-0.05, 0) is 37.1 Å². The van der Waals surface area contributed by atoms with E-state index < -0.39 is 28.6 Å². The Bertz CT molecular complexity index is 1480. The van der Waals surface area contributed by atoms with Crippen LogP contribution in [0.2, 0.25) is 0 Å². The fourth-order valence-electron chi connectivity index (χ4n) is 4.29. The SMILES string of the molecule is O=C(O)c1cn(-c2cnccn2)c2cc(N3CCC[C@@H]3COc3ncccc3F)c(F)cc2c1=O. The average molecular weight is 479 g/mol. The predicted octanol–water partition coefficient (Wildman–Crippen LogP) is 3.20. The molecule has 1 aliphatic rings. The molecule has 0 spiro atoms. The fourth-order valence-corrected chi connectivity index (χ4v) is 4.29. The second-order valence-corrected chi connectivity index (χ2v) is 8.02. The van der Waals surface area contributed by atoms with Gasteiger partial charge < -0.3 is 14.7 Å². The van der Waals surface area contributed by atoms with Gasteiger partial charge in [-0.15, -0.1) is 0 Å². The minimum absolute atomic E-state index is 0.0837. The van der Waals surface area contributed by atoms with Crippen LogP contribution in [0.3, 0.4) is 0 Å². The number of hydrogen-bond acceptors (Lipinski definition) is 7. The van der Waals surface area contributed by atoms with Crippen molar-refractivity contribution in [3.63, 3.8) is 0 Å². The van der Waals surface area contributed by atoms with Crippen LogP contribution in [-0.4, -0.2) is 49.8 Å². The van der Waals surface area contributed by atoms with Gasteiger partial charge in [0.2, 0.25) is 11.3 Å². The van der Waals surface area contributed by atoms with Crippen molar-refractivity contribution in [2.45, 2.75) is 18.9 Å². The molecule has 0 saturated carbocycles. The monoisotopic (exact) mass is 479 g/mol. The van der Waals surface area contributed by atoms with E-state index in [0.717, 1.165) is 18.7 Å². The third-order valence-corrected chi connectivity index (χ3v) is 5.92. The van der Waals surface area contributed by atoms with Crippen LogP contribution in [0.15, 0.2) is 60.0 Å². The van der Waals surface area contributed by atoms with Gasteiger partial charge in [0.1, 0.15) is 18.0 Å². The molecule has 1 fully saturated rings. The smallest absolute Gasteiger partial charge is 0.341 e. The van der Waals surface area contributed by atoms with Crippen molar-refractivity contribution >= 4 is 22.6 Å². The fraction of sp³-hybridized carbons (Fsp3) is 0.208. The van der Waals surface area contributed by atoms with Gasteiger partial charge >= 0.3 is 5.97 Å². The van der Waals surface area contributed by atoms with Crippen LogP contribution in [0.4, 0.5) is 14.5 Å². The third kappa shape index (κ3) is 4.16. The Kier molecular flexibility index (Phi) is 5.81. The highest BCUT2D eigenvalue weighted by atomic mass is 19.1. The Morgan fingerprint density at radius 2 is 2.03 bits per heavy atom. The lowest BCUT2D eigenvalue weighted by molar-refractivity contribution is 0.0695. The lowest BCUT2D eigenvalue weighted by Gasteiger charge is -2.27. The third-order valence-electron chi connectivity index (χ3n) is 5.92. The van der Waals surface area contributed by atoms with Gasteiger partial charge in [-0.1, -0.05) is 0 Å². The Hall–Kier alpha value is -4.41. The van der Waals surface area contributed by atoms with Crippen LogP contribution in [0, 0.1) is 11.6 Å². The lowest BCUT2D eigenvalue weighted by Crippen LogP contribution is -2.35. The molecule has 5 rings (SSSR count). The highest BCUT2D eigenvalue weighted by Gasteiger charge is 2.29. The van der Waals surface area contributed by atoms with Crippen molar-refractivity contribution in [1.82, 2.24) is 19.5 Å². The maximum Gasteiger partial charge on any atom is 0.341 e. The summed E-state index contributed by atoms with van der Waals surface area (Å²) in [6, 6.07) is 4.97. The molecule has 0 amide bonds. The van der Waals surface area contributed by atoms with Crippen LogP contribution in [0.1, 0.15) is 23.2 Å². The molecule has 9 nitrogen and oxygen atoms in total. The number of aromatic carboxylic acids is 1. The summed E-state index contributed by atoms with van der Waals surface area (Å²) in [5.74, 6) is -2.56. The molecule has 0 bridgehead atoms. The highest BCUT2D eigenvalue weighted by Crippen LogP contribution is 2.32. The Morgan fingerprint density at radius 1 is 1.17 bits per heavy atom. The molecule has 35 heavy (non-hydrogen) atoms. The van der Waals surface area contributed by atoms with Crippen molar-refractivity contribution in [3.05, 3.63) is 82.7 Å². The number of ether oxygens (including phenoxy) is 1. The summed E-state index contributed by atoms with van der Waals surface area (Å²) in [5, 5.41) is 9.41. The van der Waals surface area contributed by atoms with E-state index in [1.165, 1.54) is 47.6 Å². The van der Waals surface area contributed by atoms with Gasteiger partial charge in [0.25, 0.3) is 0 Å². The Balaban J connectivity index is 1.58. The molecule has 1 aromatic carbocycles. The van der Waals surface area contributed by atoms with E-state index in [9.17, 15) is 19.1 Å². The second-order valence-electron chi connectivity index (χ2n) is 8.02. The second kappa shape index (κ2) is 9.09. The first-order valence-electron chi connectivity index (χ1n) is 10.8. The maximum atomic E-state index is 15.3. The maximum absolute atomic E-state index is 15.3. The molecule has 0 aliphatic carbocycles.